The predicted molar refractivity (Wildman–Crippen MR) is 176 cm³/mol. The largest absolute Gasteiger partial charge is 0.478 e. The predicted octanol–water partition coefficient (Wildman–Crippen LogP) is 5.04. The average Bonchev–Trinajstić information content (AvgIpc) is 3.28. The molecule has 0 saturated heterocycles. The molecule has 3 aliphatic heterocycles. The summed E-state index contributed by atoms with van der Waals surface area (Å²) in [5.74, 6) is -2.13. The van der Waals surface area contributed by atoms with E-state index in [4.69, 9.17) is 4.74 Å². The number of nitrogens with zero attached hydrogens (tertiary/aromatic N) is 1. The first-order valence-electron chi connectivity index (χ1n) is 15.3. The van der Waals surface area contributed by atoms with Gasteiger partial charge in [-0.1, -0.05) is 46.8 Å². The first-order chi connectivity index (χ1) is 21.6. The minimum atomic E-state index is -5.06. The lowest BCUT2D eigenvalue weighted by Crippen LogP contribution is -2.33. The number of rotatable bonds is 6. The van der Waals surface area contributed by atoms with E-state index in [2.05, 4.69) is 10.3 Å². The van der Waals surface area contributed by atoms with Crippen molar-refractivity contribution in [2.24, 2.45) is 10.9 Å². The molecule has 0 spiro atoms. The first kappa shape index (κ1) is 33.1. The summed E-state index contributed by atoms with van der Waals surface area (Å²) in [6.45, 7) is 15.2. The van der Waals surface area contributed by atoms with Gasteiger partial charge in [-0.2, -0.15) is 16.8 Å². The van der Waals surface area contributed by atoms with Crippen molar-refractivity contribution < 1.29 is 40.6 Å². The van der Waals surface area contributed by atoms with E-state index < -0.39 is 64.5 Å². The van der Waals surface area contributed by atoms with Gasteiger partial charge in [-0.15, -0.1) is 0 Å². The quantitative estimate of drug-likeness (QED) is 0.201. The second-order valence-electron chi connectivity index (χ2n) is 14.3. The zero-order chi connectivity index (χ0) is 34.8. The van der Waals surface area contributed by atoms with Crippen LogP contribution in [-0.4, -0.2) is 48.6 Å². The van der Waals surface area contributed by atoms with E-state index in [0.29, 0.717) is 17.5 Å². The first-order valence-corrected chi connectivity index (χ1v) is 18.2. The van der Waals surface area contributed by atoms with Gasteiger partial charge < -0.3 is 15.2 Å². The van der Waals surface area contributed by atoms with Crippen LogP contribution in [0.4, 0.5) is 5.69 Å². The molecule has 0 radical (unpaired) electrons. The third-order valence-electron chi connectivity index (χ3n) is 10.0. The summed E-state index contributed by atoms with van der Waals surface area (Å²) in [6, 6.07) is 7.88. The van der Waals surface area contributed by atoms with Gasteiger partial charge in [0.25, 0.3) is 20.2 Å². The molecular formula is C34H38N2O9S2. The summed E-state index contributed by atoms with van der Waals surface area (Å²) >= 11 is 0. The number of aromatic carboxylic acids is 1. The summed E-state index contributed by atoms with van der Waals surface area (Å²) < 4.78 is 80.5. The topological polar surface area (TPSA) is 180 Å². The molecule has 3 aromatic carbocycles. The van der Waals surface area contributed by atoms with Crippen molar-refractivity contribution >= 4 is 37.5 Å². The standard InChI is InChI=1S/C34H38N2O9S2/c1-15(2)11-18-9-10-19(32(37)38)21(12-18)25-22-13-20-16(3)34(7,8)36-26(20)30(46(39,40)41)28(22)45-29-23(25)14-24-27(31(29)47(42,43)44)35-17(4)33(24,5)6/h9-10,12-17,36H,11H2,1-8H3,(H,37,38)(H,39,40,41)(H,42,43,44). The lowest BCUT2D eigenvalue weighted by atomic mass is 9.79. The fourth-order valence-corrected chi connectivity index (χ4v) is 8.57. The van der Waals surface area contributed by atoms with Crippen LogP contribution in [0.15, 0.2) is 45.1 Å². The fraction of sp³-hybridized carbons (Fsp3) is 0.412. The van der Waals surface area contributed by atoms with E-state index >= 15 is 0 Å². The molecule has 2 unspecified atom stereocenters. The van der Waals surface area contributed by atoms with Crippen molar-refractivity contribution in [2.75, 3.05) is 5.32 Å². The lowest BCUT2D eigenvalue weighted by Gasteiger charge is -2.28. The van der Waals surface area contributed by atoms with Crippen molar-refractivity contribution in [2.45, 2.75) is 94.5 Å². The molecule has 0 amide bonds. The molecule has 47 heavy (non-hydrogen) atoms. The molecule has 3 aromatic rings. The van der Waals surface area contributed by atoms with E-state index in [1.54, 1.807) is 31.2 Å². The van der Waals surface area contributed by atoms with Crippen LogP contribution in [0.3, 0.4) is 0 Å². The highest BCUT2D eigenvalue weighted by molar-refractivity contribution is 7.86. The molecule has 0 fully saturated rings. The average molecular weight is 683 g/mol. The van der Waals surface area contributed by atoms with Gasteiger partial charge in [-0.05, 0) is 73.6 Å². The Hall–Kier alpha value is -3.78. The molecule has 3 aliphatic rings. The van der Waals surface area contributed by atoms with Crippen molar-refractivity contribution in [3.63, 3.8) is 0 Å². The Bertz CT molecular complexity index is 2270. The Morgan fingerprint density at radius 3 is 2.17 bits per heavy atom. The highest BCUT2D eigenvalue weighted by Crippen LogP contribution is 2.53. The van der Waals surface area contributed by atoms with Crippen LogP contribution < -0.4 is 20.6 Å². The summed E-state index contributed by atoms with van der Waals surface area (Å²) in [4.78, 5) is 16.1. The smallest absolute Gasteiger partial charge is 0.336 e. The van der Waals surface area contributed by atoms with Crippen LogP contribution in [0.1, 0.15) is 99.5 Å². The molecule has 0 saturated carbocycles. The summed E-state index contributed by atoms with van der Waals surface area (Å²) in [5.41, 5.74) is 0.984. The monoisotopic (exact) mass is 682 g/mol. The summed E-state index contributed by atoms with van der Waals surface area (Å²) in [7, 11) is -10.1. The third-order valence-corrected chi connectivity index (χ3v) is 11.8. The highest BCUT2D eigenvalue weighted by Gasteiger charge is 2.45. The Kier molecular flexibility index (Phi) is 7.30. The van der Waals surface area contributed by atoms with Gasteiger partial charge in [-0.3, -0.25) is 14.1 Å². The molecule has 2 atom stereocenters. The number of hydrogen-bond acceptors (Lipinski definition) is 8. The van der Waals surface area contributed by atoms with Crippen molar-refractivity contribution in [1.29, 1.82) is 0 Å². The van der Waals surface area contributed by atoms with Gasteiger partial charge in [-0.25, -0.2) is 4.79 Å². The van der Waals surface area contributed by atoms with Gasteiger partial charge in [0.2, 0.25) is 0 Å². The maximum absolute atomic E-state index is 13.2. The molecule has 0 aromatic heterocycles. The number of hydrogen-bond donors (Lipinski definition) is 4. The van der Waals surface area contributed by atoms with E-state index in [9.17, 15) is 35.8 Å². The van der Waals surface area contributed by atoms with Crippen molar-refractivity contribution in [3.05, 3.63) is 74.3 Å². The van der Waals surface area contributed by atoms with Gasteiger partial charge >= 0.3 is 5.97 Å². The number of benzene rings is 3. The number of carbonyl (C=O) groups is 1. The molecule has 0 bridgehead atoms. The maximum atomic E-state index is 13.2. The number of carboxylic acid groups (broad SMARTS) is 1. The van der Waals surface area contributed by atoms with E-state index in [1.807, 2.05) is 48.5 Å². The second-order valence-corrected chi connectivity index (χ2v) is 17.0. The second kappa shape index (κ2) is 10.4. The highest BCUT2D eigenvalue weighted by atomic mass is 32.2. The number of nitrogens with one attached hydrogen (secondary N) is 1. The molecule has 13 heteroatoms. The van der Waals surface area contributed by atoms with E-state index in [0.717, 1.165) is 5.56 Å². The normalized spacial score (nSPS) is 20.4. The fourth-order valence-electron chi connectivity index (χ4n) is 6.96. The molecule has 250 valence electrons. The number of ether oxygens (including phenoxy) is 1. The molecule has 11 nitrogen and oxygen atoms in total. The Morgan fingerprint density at radius 2 is 1.60 bits per heavy atom. The van der Waals surface area contributed by atoms with Gasteiger partial charge in [0.1, 0.15) is 0 Å². The number of anilines is 1. The van der Waals surface area contributed by atoms with Crippen LogP contribution in [0, 0.1) is 5.92 Å². The van der Waals surface area contributed by atoms with Crippen molar-refractivity contribution in [1.82, 2.24) is 0 Å². The minimum absolute atomic E-state index is 0.0268. The zero-order valence-corrected chi connectivity index (χ0v) is 29.0. The van der Waals surface area contributed by atoms with Gasteiger partial charge in [0.15, 0.2) is 21.3 Å². The molecule has 6 rings (SSSR count). The SMILES string of the molecule is CC(C)Cc1ccc(C(=O)O)c(C2=c3cc4c(c(S(=O)(=O)O)c3Oc3c2cc2c(c3S(=O)(=O)O)NC(C)(C)C2C)=NC(C)C4(C)C)c1. The molecule has 4 N–H and O–H groups in total. The lowest BCUT2D eigenvalue weighted by molar-refractivity contribution is 0.0696. The molecule has 0 aliphatic carbocycles. The number of fused-ring (bicyclic) bond motifs is 4. The number of carboxylic acids is 1. The Labute approximate surface area is 273 Å². The van der Waals surface area contributed by atoms with E-state index in [1.165, 1.54) is 6.07 Å². The van der Waals surface area contributed by atoms with Crippen LogP contribution in [0.25, 0.3) is 5.57 Å². The minimum Gasteiger partial charge on any atom is -0.478 e. The van der Waals surface area contributed by atoms with E-state index in [-0.39, 0.29) is 50.4 Å². The van der Waals surface area contributed by atoms with Crippen molar-refractivity contribution in [3.8, 4) is 11.5 Å². The third kappa shape index (κ3) is 5.06. The maximum Gasteiger partial charge on any atom is 0.336 e. The zero-order valence-electron chi connectivity index (χ0n) is 27.4. The Morgan fingerprint density at radius 1 is 0.957 bits per heavy atom. The Balaban J connectivity index is 1.92. The summed E-state index contributed by atoms with van der Waals surface area (Å²) in [5, 5.41) is 13.7. The van der Waals surface area contributed by atoms with Gasteiger partial charge in [0.05, 0.1) is 22.6 Å². The molecule has 3 heterocycles. The van der Waals surface area contributed by atoms with Crippen LogP contribution in [0.2, 0.25) is 0 Å². The summed E-state index contributed by atoms with van der Waals surface area (Å²) in [6.07, 6.45) is 0.593. The van der Waals surface area contributed by atoms with Crippen LogP contribution in [0.5, 0.6) is 11.5 Å². The van der Waals surface area contributed by atoms with Crippen LogP contribution >= 0.6 is 0 Å². The van der Waals surface area contributed by atoms with Gasteiger partial charge in [0, 0.05) is 33.2 Å². The molecular weight excluding hydrogens is 645 g/mol. The van der Waals surface area contributed by atoms with Crippen LogP contribution in [-0.2, 0) is 32.1 Å².